The summed E-state index contributed by atoms with van der Waals surface area (Å²) in [5.41, 5.74) is -2.37. The lowest BCUT2D eigenvalue weighted by Gasteiger charge is -2.19. The first-order chi connectivity index (χ1) is 4.92. The molecule has 0 aromatic heterocycles. The zero-order valence-corrected chi connectivity index (χ0v) is 5.87. The van der Waals surface area contributed by atoms with Crippen molar-refractivity contribution in [2.45, 2.75) is 12.1 Å². The van der Waals surface area contributed by atoms with E-state index in [-0.39, 0.29) is 0 Å². The summed E-state index contributed by atoms with van der Waals surface area (Å²) in [6.45, 7) is 0. The average molecular weight is 163 g/mol. The van der Waals surface area contributed by atoms with E-state index in [1.807, 2.05) is 5.32 Å². The van der Waals surface area contributed by atoms with Gasteiger partial charge in [0.1, 0.15) is 0 Å². The lowest BCUT2D eigenvalue weighted by atomic mass is 10.1. The van der Waals surface area contributed by atoms with Gasteiger partial charge in [-0.3, -0.25) is 10.1 Å². The first kappa shape index (κ1) is 9.86. The Bertz CT molecular complexity index is 180. The fourth-order valence-corrected chi connectivity index (χ4v) is 0.490. The van der Waals surface area contributed by atoms with Gasteiger partial charge < -0.3 is 15.3 Å². The molecular formula is C5H9NO5. The van der Waals surface area contributed by atoms with Crippen molar-refractivity contribution >= 4 is 11.9 Å². The Hall–Kier alpha value is -1.14. The van der Waals surface area contributed by atoms with Crippen LogP contribution in [0.3, 0.4) is 0 Å². The van der Waals surface area contributed by atoms with Gasteiger partial charge in [-0.05, 0) is 7.05 Å². The molecule has 0 heterocycles. The van der Waals surface area contributed by atoms with Crippen LogP contribution in [0.15, 0.2) is 0 Å². The number of likely N-dealkylation sites (N-methyl/N-ethyl adjacent to an activating group) is 1. The predicted octanol–water partition coefficient (Wildman–Crippen LogP) is -1.55. The van der Waals surface area contributed by atoms with Crippen molar-refractivity contribution in [3.8, 4) is 0 Å². The third-order valence-corrected chi connectivity index (χ3v) is 1.17. The SMILES string of the molecule is CNC(O)(CC(=O)O)C(=O)O. The molecule has 1 atom stereocenters. The molecule has 0 radical (unpaired) electrons. The Morgan fingerprint density at radius 2 is 1.91 bits per heavy atom. The van der Waals surface area contributed by atoms with Crippen LogP contribution in [-0.2, 0) is 9.59 Å². The average Bonchev–Trinajstić information content (AvgIpc) is 1.86. The fourth-order valence-electron chi connectivity index (χ4n) is 0.490. The Labute approximate surface area is 62.5 Å². The number of carbonyl (C=O) groups is 2. The highest BCUT2D eigenvalue weighted by Crippen LogP contribution is 2.04. The molecule has 0 saturated heterocycles. The standard InChI is InChI=1S/C5H9NO5/c1-6-5(11,4(9)10)2-3(7)8/h6,11H,2H2,1H3,(H,7,8)(H,9,10). The minimum atomic E-state index is -2.37. The summed E-state index contributed by atoms with van der Waals surface area (Å²) >= 11 is 0. The first-order valence-corrected chi connectivity index (χ1v) is 2.79. The number of hydrogen-bond donors (Lipinski definition) is 4. The highest BCUT2D eigenvalue weighted by Gasteiger charge is 2.36. The van der Waals surface area contributed by atoms with Crippen molar-refractivity contribution in [3.63, 3.8) is 0 Å². The Balaban J connectivity index is 4.34. The molecule has 0 aliphatic carbocycles. The van der Waals surface area contributed by atoms with E-state index < -0.39 is 24.1 Å². The molecule has 0 aromatic carbocycles. The summed E-state index contributed by atoms with van der Waals surface area (Å²) in [5, 5.41) is 27.4. The van der Waals surface area contributed by atoms with Gasteiger partial charge in [-0.1, -0.05) is 0 Å². The van der Waals surface area contributed by atoms with Crippen molar-refractivity contribution in [3.05, 3.63) is 0 Å². The molecule has 0 aliphatic rings. The molecule has 6 heteroatoms. The maximum absolute atomic E-state index is 10.2. The van der Waals surface area contributed by atoms with Crippen molar-refractivity contribution in [1.29, 1.82) is 0 Å². The molecule has 64 valence electrons. The molecule has 11 heavy (non-hydrogen) atoms. The van der Waals surface area contributed by atoms with E-state index in [4.69, 9.17) is 15.3 Å². The lowest BCUT2D eigenvalue weighted by Crippen LogP contribution is -2.51. The van der Waals surface area contributed by atoms with Gasteiger partial charge in [0, 0.05) is 0 Å². The van der Waals surface area contributed by atoms with Crippen LogP contribution in [0, 0.1) is 0 Å². The van der Waals surface area contributed by atoms with E-state index in [2.05, 4.69) is 0 Å². The second kappa shape index (κ2) is 3.31. The third kappa shape index (κ3) is 2.52. The molecule has 0 fully saturated rings. The lowest BCUT2D eigenvalue weighted by molar-refractivity contribution is -0.168. The first-order valence-electron chi connectivity index (χ1n) is 2.79. The Morgan fingerprint density at radius 1 is 1.45 bits per heavy atom. The maximum Gasteiger partial charge on any atom is 0.351 e. The normalized spacial score (nSPS) is 15.5. The van der Waals surface area contributed by atoms with Crippen molar-refractivity contribution in [2.75, 3.05) is 7.05 Å². The molecule has 0 amide bonds. The topological polar surface area (TPSA) is 107 Å². The number of rotatable bonds is 4. The summed E-state index contributed by atoms with van der Waals surface area (Å²) in [6, 6.07) is 0. The predicted molar refractivity (Wildman–Crippen MR) is 33.9 cm³/mol. The summed E-state index contributed by atoms with van der Waals surface area (Å²) in [7, 11) is 1.16. The summed E-state index contributed by atoms with van der Waals surface area (Å²) in [4.78, 5) is 20.2. The van der Waals surface area contributed by atoms with Crippen LogP contribution in [0.25, 0.3) is 0 Å². The van der Waals surface area contributed by atoms with Gasteiger partial charge in [0.25, 0.3) is 0 Å². The number of hydrogen-bond acceptors (Lipinski definition) is 4. The second-order valence-corrected chi connectivity index (χ2v) is 1.99. The van der Waals surface area contributed by atoms with E-state index in [9.17, 15) is 9.59 Å². The van der Waals surface area contributed by atoms with Crippen molar-refractivity contribution < 1.29 is 24.9 Å². The van der Waals surface area contributed by atoms with E-state index in [0.717, 1.165) is 7.05 Å². The summed E-state index contributed by atoms with van der Waals surface area (Å²) in [6.07, 6.45) is -0.876. The molecule has 6 nitrogen and oxygen atoms in total. The molecule has 0 saturated carbocycles. The molecule has 4 N–H and O–H groups in total. The van der Waals surface area contributed by atoms with Gasteiger partial charge in [0.2, 0.25) is 5.72 Å². The third-order valence-electron chi connectivity index (χ3n) is 1.17. The van der Waals surface area contributed by atoms with Crippen LogP contribution in [0.2, 0.25) is 0 Å². The van der Waals surface area contributed by atoms with Crippen LogP contribution >= 0.6 is 0 Å². The van der Waals surface area contributed by atoms with Crippen LogP contribution in [0.5, 0.6) is 0 Å². The minimum Gasteiger partial charge on any atom is -0.481 e. The fraction of sp³-hybridized carbons (Fsp3) is 0.600. The zero-order valence-electron chi connectivity index (χ0n) is 5.87. The van der Waals surface area contributed by atoms with Crippen LogP contribution in [0.1, 0.15) is 6.42 Å². The maximum atomic E-state index is 10.2. The molecule has 0 aliphatic heterocycles. The van der Waals surface area contributed by atoms with E-state index in [0.29, 0.717) is 0 Å². The van der Waals surface area contributed by atoms with Crippen LogP contribution < -0.4 is 5.32 Å². The smallest absolute Gasteiger partial charge is 0.351 e. The molecule has 0 spiro atoms. The van der Waals surface area contributed by atoms with Gasteiger partial charge in [-0.25, -0.2) is 4.79 Å². The summed E-state index contributed by atoms with van der Waals surface area (Å²) in [5.74, 6) is -2.99. The van der Waals surface area contributed by atoms with Crippen LogP contribution in [-0.4, -0.2) is 40.0 Å². The van der Waals surface area contributed by atoms with Gasteiger partial charge in [0.05, 0.1) is 6.42 Å². The quantitative estimate of drug-likeness (QED) is 0.374. The number of carboxylic acid groups (broad SMARTS) is 2. The number of aliphatic carboxylic acids is 2. The van der Waals surface area contributed by atoms with Crippen LogP contribution in [0.4, 0.5) is 0 Å². The number of nitrogens with one attached hydrogen (secondary N) is 1. The van der Waals surface area contributed by atoms with Gasteiger partial charge in [0.15, 0.2) is 0 Å². The van der Waals surface area contributed by atoms with E-state index in [1.54, 1.807) is 0 Å². The van der Waals surface area contributed by atoms with E-state index in [1.165, 1.54) is 0 Å². The Kier molecular flexibility index (Phi) is 2.97. The Morgan fingerprint density at radius 3 is 2.00 bits per heavy atom. The molecule has 0 rings (SSSR count). The molecule has 0 bridgehead atoms. The van der Waals surface area contributed by atoms with Gasteiger partial charge in [-0.2, -0.15) is 0 Å². The second-order valence-electron chi connectivity index (χ2n) is 1.99. The largest absolute Gasteiger partial charge is 0.481 e. The molecule has 1 unspecified atom stereocenters. The monoisotopic (exact) mass is 163 g/mol. The van der Waals surface area contributed by atoms with Gasteiger partial charge >= 0.3 is 11.9 Å². The zero-order chi connectivity index (χ0) is 9.07. The summed E-state index contributed by atoms with van der Waals surface area (Å²) < 4.78 is 0. The van der Waals surface area contributed by atoms with Crippen molar-refractivity contribution in [2.24, 2.45) is 0 Å². The highest BCUT2D eigenvalue weighted by atomic mass is 16.4. The highest BCUT2D eigenvalue weighted by molar-refractivity contribution is 5.83. The number of carboxylic acids is 2. The molecule has 0 aromatic rings. The molecular weight excluding hydrogens is 154 g/mol. The van der Waals surface area contributed by atoms with Gasteiger partial charge in [-0.15, -0.1) is 0 Å². The van der Waals surface area contributed by atoms with Crippen molar-refractivity contribution in [1.82, 2.24) is 5.32 Å². The van der Waals surface area contributed by atoms with E-state index >= 15 is 0 Å². The number of aliphatic hydroxyl groups is 1. The minimum absolute atomic E-state index is 0.876.